The SMILES string of the molecule is COC(=O)CN1CCC[C@H](CNc2nc3c(cnn3-c3ccccc3)c(=O)[nH]2)C1. The van der Waals surface area contributed by atoms with E-state index in [1.807, 2.05) is 30.3 Å². The summed E-state index contributed by atoms with van der Waals surface area (Å²) in [7, 11) is 1.41. The van der Waals surface area contributed by atoms with Gasteiger partial charge in [0.05, 0.1) is 25.5 Å². The number of anilines is 1. The lowest BCUT2D eigenvalue weighted by Crippen LogP contribution is -2.41. The number of rotatable bonds is 6. The molecule has 3 heterocycles. The minimum Gasteiger partial charge on any atom is -0.468 e. The average Bonchev–Trinajstić information content (AvgIpc) is 3.18. The Bertz CT molecular complexity index is 1050. The summed E-state index contributed by atoms with van der Waals surface area (Å²) in [4.78, 5) is 33.4. The topological polar surface area (TPSA) is 105 Å². The minimum atomic E-state index is -0.226. The number of nitrogens with one attached hydrogen (secondary N) is 2. The largest absolute Gasteiger partial charge is 0.468 e. The van der Waals surface area contributed by atoms with Crippen LogP contribution < -0.4 is 10.9 Å². The van der Waals surface area contributed by atoms with Crippen LogP contribution in [0.25, 0.3) is 16.7 Å². The smallest absolute Gasteiger partial charge is 0.319 e. The van der Waals surface area contributed by atoms with Crippen molar-refractivity contribution in [2.24, 2.45) is 5.92 Å². The number of ether oxygens (including phenoxy) is 1. The maximum Gasteiger partial charge on any atom is 0.319 e. The number of hydrogen-bond acceptors (Lipinski definition) is 7. The average molecular weight is 396 g/mol. The molecule has 0 bridgehead atoms. The predicted octanol–water partition coefficient (Wildman–Crippen LogP) is 1.41. The molecule has 152 valence electrons. The number of benzene rings is 1. The number of nitrogens with zero attached hydrogens (tertiary/aromatic N) is 4. The Morgan fingerprint density at radius 3 is 2.97 bits per heavy atom. The van der Waals surface area contributed by atoms with Crippen LogP contribution in [0.2, 0.25) is 0 Å². The van der Waals surface area contributed by atoms with Gasteiger partial charge in [-0.1, -0.05) is 18.2 Å². The number of methoxy groups -OCH3 is 1. The number of carbonyl (C=O) groups excluding carboxylic acids is 1. The first-order valence-electron chi connectivity index (χ1n) is 9.70. The van der Waals surface area contributed by atoms with Gasteiger partial charge in [-0.25, -0.2) is 4.68 Å². The number of H-pyrrole nitrogens is 1. The number of para-hydroxylation sites is 1. The van der Waals surface area contributed by atoms with Crippen molar-refractivity contribution in [3.05, 3.63) is 46.9 Å². The Hall–Kier alpha value is -3.20. The van der Waals surface area contributed by atoms with Crippen LogP contribution in [0, 0.1) is 5.92 Å². The van der Waals surface area contributed by atoms with Crippen LogP contribution in [-0.2, 0) is 9.53 Å². The van der Waals surface area contributed by atoms with Gasteiger partial charge in [-0.05, 0) is 37.4 Å². The third-order valence-corrected chi connectivity index (χ3v) is 5.18. The molecule has 29 heavy (non-hydrogen) atoms. The van der Waals surface area contributed by atoms with Crippen molar-refractivity contribution in [2.75, 3.05) is 38.6 Å². The van der Waals surface area contributed by atoms with Crippen LogP contribution in [0.3, 0.4) is 0 Å². The molecular weight excluding hydrogens is 372 g/mol. The van der Waals surface area contributed by atoms with Gasteiger partial charge in [-0.3, -0.25) is 19.5 Å². The highest BCUT2D eigenvalue weighted by atomic mass is 16.5. The van der Waals surface area contributed by atoms with Gasteiger partial charge >= 0.3 is 5.97 Å². The molecular formula is C20H24N6O3. The van der Waals surface area contributed by atoms with E-state index in [0.717, 1.165) is 31.6 Å². The number of aromatic amines is 1. The van der Waals surface area contributed by atoms with Gasteiger partial charge < -0.3 is 10.1 Å². The van der Waals surface area contributed by atoms with Crippen molar-refractivity contribution in [3.8, 4) is 5.69 Å². The molecule has 1 aliphatic rings. The van der Waals surface area contributed by atoms with Crippen LogP contribution in [0.4, 0.5) is 5.95 Å². The first-order valence-corrected chi connectivity index (χ1v) is 9.70. The highest BCUT2D eigenvalue weighted by Gasteiger charge is 2.22. The summed E-state index contributed by atoms with van der Waals surface area (Å²) >= 11 is 0. The van der Waals surface area contributed by atoms with Crippen molar-refractivity contribution in [1.82, 2.24) is 24.6 Å². The molecule has 3 aromatic rings. The molecule has 9 heteroatoms. The Labute approximate surface area is 167 Å². The molecule has 1 saturated heterocycles. The fourth-order valence-corrected chi connectivity index (χ4v) is 3.71. The lowest BCUT2D eigenvalue weighted by molar-refractivity contribution is -0.142. The monoisotopic (exact) mass is 396 g/mol. The molecule has 1 fully saturated rings. The van der Waals surface area contributed by atoms with E-state index in [1.54, 1.807) is 4.68 Å². The summed E-state index contributed by atoms with van der Waals surface area (Å²) in [6.45, 7) is 2.66. The minimum absolute atomic E-state index is 0.218. The highest BCUT2D eigenvalue weighted by Crippen LogP contribution is 2.18. The van der Waals surface area contributed by atoms with E-state index < -0.39 is 0 Å². The zero-order valence-electron chi connectivity index (χ0n) is 16.3. The van der Waals surface area contributed by atoms with E-state index in [1.165, 1.54) is 13.3 Å². The summed E-state index contributed by atoms with van der Waals surface area (Å²) in [6, 6.07) is 9.59. The van der Waals surface area contributed by atoms with E-state index in [9.17, 15) is 9.59 Å². The predicted molar refractivity (Wildman–Crippen MR) is 109 cm³/mol. The molecule has 1 aliphatic heterocycles. The second-order valence-electron chi connectivity index (χ2n) is 7.24. The third-order valence-electron chi connectivity index (χ3n) is 5.18. The molecule has 1 atom stereocenters. The Balaban J connectivity index is 1.48. The van der Waals surface area contributed by atoms with Gasteiger partial charge in [0.15, 0.2) is 5.65 Å². The van der Waals surface area contributed by atoms with Crippen LogP contribution in [0.1, 0.15) is 12.8 Å². The molecule has 0 radical (unpaired) electrons. The number of aromatic nitrogens is 4. The lowest BCUT2D eigenvalue weighted by Gasteiger charge is -2.31. The van der Waals surface area contributed by atoms with E-state index in [-0.39, 0.29) is 11.5 Å². The zero-order valence-corrected chi connectivity index (χ0v) is 16.3. The number of hydrogen-bond donors (Lipinski definition) is 2. The Morgan fingerprint density at radius 1 is 1.34 bits per heavy atom. The number of carbonyl (C=O) groups is 1. The molecule has 2 aromatic heterocycles. The molecule has 0 aliphatic carbocycles. The summed E-state index contributed by atoms with van der Waals surface area (Å²) in [6.07, 6.45) is 3.61. The first-order chi connectivity index (χ1) is 14.1. The van der Waals surface area contributed by atoms with Crippen LogP contribution >= 0.6 is 0 Å². The molecule has 2 N–H and O–H groups in total. The highest BCUT2D eigenvalue weighted by molar-refractivity contribution is 5.76. The van der Waals surface area contributed by atoms with E-state index in [2.05, 4.69) is 25.3 Å². The van der Waals surface area contributed by atoms with Gasteiger partial charge in [0, 0.05) is 13.1 Å². The van der Waals surface area contributed by atoms with Crippen molar-refractivity contribution >= 4 is 23.0 Å². The lowest BCUT2D eigenvalue weighted by atomic mass is 9.98. The summed E-state index contributed by atoms with van der Waals surface area (Å²) < 4.78 is 6.42. The summed E-state index contributed by atoms with van der Waals surface area (Å²) in [5.41, 5.74) is 1.13. The number of piperidine rings is 1. The van der Waals surface area contributed by atoms with Crippen molar-refractivity contribution in [3.63, 3.8) is 0 Å². The number of esters is 1. The van der Waals surface area contributed by atoms with Gasteiger partial charge in [0.25, 0.3) is 5.56 Å². The molecule has 4 rings (SSSR count). The van der Waals surface area contributed by atoms with E-state index in [4.69, 9.17) is 4.74 Å². The first kappa shape index (κ1) is 19.1. The van der Waals surface area contributed by atoms with Crippen LogP contribution in [0.15, 0.2) is 41.3 Å². The summed E-state index contributed by atoms with van der Waals surface area (Å²) in [5, 5.41) is 8.02. The number of likely N-dealkylation sites (tertiary alicyclic amines) is 1. The van der Waals surface area contributed by atoms with Gasteiger partial charge in [0.2, 0.25) is 5.95 Å². The van der Waals surface area contributed by atoms with Gasteiger partial charge in [-0.15, -0.1) is 0 Å². The molecule has 0 spiro atoms. The zero-order chi connectivity index (χ0) is 20.2. The molecule has 0 amide bonds. The standard InChI is InChI=1S/C20H24N6O3/c1-29-17(27)13-25-9-5-6-14(12-25)10-21-20-23-18-16(19(28)24-20)11-22-26(18)15-7-3-2-4-8-15/h2-4,7-8,11,14H,5-6,9-10,12-13H2,1H3,(H2,21,23,24,28)/t14-/m1/s1. The van der Waals surface area contributed by atoms with Crippen molar-refractivity contribution < 1.29 is 9.53 Å². The van der Waals surface area contributed by atoms with Crippen molar-refractivity contribution in [2.45, 2.75) is 12.8 Å². The Morgan fingerprint density at radius 2 is 2.17 bits per heavy atom. The second kappa shape index (κ2) is 8.44. The van der Waals surface area contributed by atoms with Crippen LogP contribution in [-0.4, -0.2) is 63.9 Å². The van der Waals surface area contributed by atoms with Crippen molar-refractivity contribution in [1.29, 1.82) is 0 Å². The molecule has 9 nitrogen and oxygen atoms in total. The fraction of sp³-hybridized carbons (Fsp3) is 0.400. The molecule has 0 saturated carbocycles. The van der Waals surface area contributed by atoms with E-state index >= 15 is 0 Å². The van der Waals surface area contributed by atoms with Crippen LogP contribution in [0.5, 0.6) is 0 Å². The maximum atomic E-state index is 12.5. The quantitative estimate of drug-likeness (QED) is 0.607. The molecule has 1 aromatic carbocycles. The Kier molecular flexibility index (Phi) is 5.57. The third kappa shape index (κ3) is 4.29. The van der Waals surface area contributed by atoms with Gasteiger partial charge in [0.1, 0.15) is 5.39 Å². The fourth-order valence-electron chi connectivity index (χ4n) is 3.71. The summed E-state index contributed by atoms with van der Waals surface area (Å²) in [5.74, 6) is 0.558. The normalized spacial score (nSPS) is 17.3. The number of fused-ring (bicyclic) bond motifs is 1. The van der Waals surface area contributed by atoms with Gasteiger partial charge in [-0.2, -0.15) is 10.1 Å². The maximum absolute atomic E-state index is 12.5. The van der Waals surface area contributed by atoms with E-state index in [0.29, 0.717) is 36.0 Å². The molecule has 0 unspecified atom stereocenters. The second-order valence-corrected chi connectivity index (χ2v) is 7.24.